The van der Waals surface area contributed by atoms with Crippen LogP contribution in [0.3, 0.4) is 0 Å². The van der Waals surface area contributed by atoms with Gasteiger partial charge in [0.25, 0.3) is 5.91 Å². The van der Waals surface area contributed by atoms with Crippen LogP contribution in [-0.2, 0) is 14.4 Å². The molecule has 0 radical (unpaired) electrons. The second-order valence-electron chi connectivity index (χ2n) is 7.09. The second-order valence-corrected chi connectivity index (χ2v) is 8.69. The fraction of sp³-hybridized carbons (Fsp3) is 0.304. The molecule has 182 valence electrons. The van der Waals surface area contributed by atoms with E-state index < -0.39 is 11.8 Å². The molecule has 3 amide bonds. The van der Waals surface area contributed by atoms with Gasteiger partial charge in [0, 0.05) is 16.8 Å². The Bertz CT molecular complexity index is 1060. The number of halogens is 2. The lowest BCUT2D eigenvalue weighted by Crippen LogP contribution is -2.41. The van der Waals surface area contributed by atoms with Crippen LogP contribution < -0.4 is 25.5 Å². The number of rotatable bonds is 10. The lowest BCUT2D eigenvalue weighted by atomic mass is 10.2. The van der Waals surface area contributed by atoms with E-state index in [1.165, 1.54) is 6.21 Å². The highest BCUT2D eigenvalue weighted by molar-refractivity contribution is 14.1. The van der Waals surface area contributed by atoms with Crippen LogP contribution in [0.1, 0.15) is 32.8 Å². The highest BCUT2D eigenvalue weighted by atomic mass is 127. The summed E-state index contributed by atoms with van der Waals surface area (Å²) in [7, 11) is 0. The van der Waals surface area contributed by atoms with Gasteiger partial charge in [0.15, 0.2) is 18.1 Å². The van der Waals surface area contributed by atoms with Crippen molar-refractivity contribution < 1.29 is 23.9 Å². The van der Waals surface area contributed by atoms with Crippen LogP contribution in [0.15, 0.2) is 41.5 Å². The van der Waals surface area contributed by atoms with E-state index in [-0.39, 0.29) is 18.6 Å². The van der Waals surface area contributed by atoms with E-state index in [4.69, 9.17) is 21.1 Å². The minimum Gasteiger partial charge on any atom is -0.490 e. The summed E-state index contributed by atoms with van der Waals surface area (Å²) in [4.78, 5) is 35.9. The Labute approximate surface area is 216 Å². The van der Waals surface area contributed by atoms with Crippen molar-refractivity contribution in [3.63, 3.8) is 0 Å². The summed E-state index contributed by atoms with van der Waals surface area (Å²) in [5, 5.41) is 9.62. The molecule has 3 N–H and O–H groups in total. The number of hydrazone groups is 1. The second kappa shape index (κ2) is 13.8. The summed E-state index contributed by atoms with van der Waals surface area (Å²) >= 11 is 7.99. The molecule has 2 aromatic carbocycles. The summed E-state index contributed by atoms with van der Waals surface area (Å²) in [6.07, 6.45) is 2.09. The van der Waals surface area contributed by atoms with Crippen molar-refractivity contribution in [2.75, 3.05) is 18.5 Å². The Kier molecular flexibility index (Phi) is 11.1. The predicted octanol–water partition coefficient (Wildman–Crippen LogP) is 3.73. The SMILES string of the molecule is CCOc1cc(/C=N\NC(=O)C(=O)N[C@@H](C)CC)cc(I)c1OCC(=O)Nc1cccc(Cl)c1. The van der Waals surface area contributed by atoms with E-state index in [1.54, 1.807) is 43.3 Å². The minimum absolute atomic E-state index is 0.113. The number of hydrogen-bond donors (Lipinski definition) is 3. The van der Waals surface area contributed by atoms with Crippen LogP contribution >= 0.6 is 34.2 Å². The molecule has 0 unspecified atom stereocenters. The van der Waals surface area contributed by atoms with Crippen molar-refractivity contribution in [2.24, 2.45) is 5.10 Å². The first kappa shape index (κ1) is 27.4. The molecule has 0 bridgehead atoms. The van der Waals surface area contributed by atoms with Gasteiger partial charge in [-0.3, -0.25) is 14.4 Å². The third-order valence-electron chi connectivity index (χ3n) is 4.36. The van der Waals surface area contributed by atoms with Crippen LogP contribution in [0.2, 0.25) is 5.02 Å². The average Bonchev–Trinajstić information content (AvgIpc) is 2.78. The molecule has 2 aromatic rings. The van der Waals surface area contributed by atoms with Crippen LogP contribution in [0, 0.1) is 3.57 Å². The number of anilines is 1. The number of hydrogen-bond acceptors (Lipinski definition) is 6. The molecule has 0 spiro atoms. The molecule has 11 heteroatoms. The summed E-state index contributed by atoms with van der Waals surface area (Å²) in [5.41, 5.74) is 3.36. The Morgan fingerprint density at radius 1 is 1.15 bits per heavy atom. The van der Waals surface area contributed by atoms with Crippen LogP contribution in [-0.4, -0.2) is 43.2 Å². The Balaban J connectivity index is 2.04. The molecule has 0 aliphatic carbocycles. The molecule has 0 aliphatic rings. The fourth-order valence-electron chi connectivity index (χ4n) is 2.57. The van der Waals surface area contributed by atoms with Gasteiger partial charge in [-0.25, -0.2) is 5.43 Å². The van der Waals surface area contributed by atoms with Gasteiger partial charge in [-0.05, 0) is 78.8 Å². The zero-order chi connectivity index (χ0) is 25.1. The van der Waals surface area contributed by atoms with E-state index in [0.29, 0.717) is 44.4 Å². The van der Waals surface area contributed by atoms with Crippen molar-refractivity contribution in [1.29, 1.82) is 0 Å². The van der Waals surface area contributed by atoms with Crippen LogP contribution in [0.5, 0.6) is 11.5 Å². The molecule has 0 aliphatic heterocycles. The molecule has 0 aromatic heterocycles. The Morgan fingerprint density at radius 2 is 1.91 bits per heavy atom. The maximum absolute atomic E-state index is 12.3. The van der Waals surface area contributed by atoms with Crippen molar-refractivity contribution in [3.05, 3.63) is 50.6 Å². The molecule has 0 fully saturated rings. The standard InChI is InChI=1S/C23H26ClIN4O5/c1-4-14(3)27-22(31)23(32)29-26-12-15-9-18(25)21(19(10-15)33-5-2)34-13-20(30)28-17-8-6-7-16(24)11-17/h6-12,14H,4-5,13H2,1-3H3,(H,27,31)(H,28,30)(H,29,32)/b26-12-/t14-/m0/s1. The Hall–Kier alpha value is -2.86. The van der Waals surface area contributed by atoms with E-state index in [0.717, 1.165) is 0 Å². The van der Waals surface area contributed by atoms with Gasteiger partial charge < -0.3 is 20.1 Å². The molecule has 0 saturated heterocycles. The van der Waals surface area contributed by atoms with Gasteiger partial charge in [-0.15, -0.1) is 0 Å². The molecule has 0 heterocycles. The number of carbonyl (C=O) groups excluding carboxylic acids is 3. The van der Waals surface area contributed by atoms with Gasteiger partial charge in [0.1, 0.15) is 0 Å². The third-order valence-corrected chi connectivity index (χ3v) is 5.40. The van der Waals surface area contributed by atoms with Crippen LogP contribution in [0.25, 0.3) is 0 Å². The largest absolute Gasteiger partial charge is 0.490 e. The topological polar surface area (TPSA) is 118 Å². The highest BCUT2D eigenvalue weighted by Crippen LogP contribution is 2.34. The summed E-state index contributed by atoms with van der Waals surface area (Å²) in [5.74, 6) is -1.16. The lowest BCUT2D eigenvalue weighted by Gasteiger charge is -2.14. The molecule has 2 rings (SSSR count). The monoisotopic (exact) mass is 600 g/mol. The fourth-order valence-corrected chi connectivity index (χ4v) is 3.55. The molecule has 34 heavy (non-hydrogen) atoms. The molecular weight excluding hydrogens is 575 g/mol. The van der Waals surface area contributed by atoms with Crippen molar-refractivity contribution in [1.82, 2.24) is 10.7 Å². The summed E-state index contributed by atoms with van der Waals surface area (Å²) in [6, 6.07) is 10.1. The van der Waals surface area contributed by atoms with Gasteiger partial charge in [0.05, 0.1) is 16.4 Å². The first-order valence-electron chi connectivity index (χ1n) is 10.5. The van der Waals surface area contributed by atoms with Gasteiger partial charge >= 0.3 is 11.8 Å². The van der Waals surface area contributed by atoms with E-state index in [9.17, 15) is 14.4 Å². The first-order valence-corrected chi connectivity index (χ1v) is 12.0. The first-order chi connectivity index (χ1) is 16.2. The molecule has 9 nitrogen and oxygen atoms in total. The number of nitrogens with one attached hydrogen (secondary N) is 3. The lowest BCUT2D eigenvalue weighted by molar-refractivity contribution is -0.139. The number of amides is 3. The van der Waals surface area contributed by atoms with E-state index >= 15 is 0 Å². The average molecular weight is 601 g/mol. The van der Waals surface area contributed by atoms with Gasteiger partial charge in [0.2, 0.25) is 0 Å². The number of nitrogens with zero attached hydrogens (tertiary/aromatic N) is 1. The third kappa shape index (κ3) is 8.82. The quantitative estimate of drug-likeness (QED) is 0.166. The predicted molar refractivity (Wildman–Crippen MR) is 140 cm³/mol. The number of benzene rings is 2. The van der Waals surface area contributed by atoms with E-state index in [2.05, 4.69) is 43.8 Å². The molecule has 0 saturated carbocycles. The number of carbonyl (C=O) groups is 3. The van der Waals surface area contributed by atoms with Crippen molar-refractivity contribution in [2.45, 2.75) is 33.2 Å². The zero-order valence-electron chi connectivity index (χ0n) is 19.0. The molecular formula is C23H26ClIN4O5. The normalized spacial score (nSPS) is 11.6. The van der Waals surface area contributed by atoms with E-state index in [1.807, 2.05) is 13.8 Å². The minimum atomic E-state index is -0.859. The van der Waals surface area contributed by atoms with Gasteiger partial charge in [-0.1, -0.05) is 24.6 Å². The van der Waals surface area contributed by atoms with Gasteiger partial charge in [-0.2, -0.15) is 5.10 Å². The van der Waals surface area contributed by atoms with Crippen molar-refractivity contribution >= 4 is 63.8 Å². The number of ether oxygens (including phenoxy) is 2. The van der Waals surface area contributed by atoms with Crippen molar-refractivity contribution in [3.8, 4) is 11.5 Å². The summed E-state index contributed by atoms with van der Waals surface area (Å²) in [6.45, 7) is 5.65. The Morgan fingerprint density at radius 3 is 2.59 bits per heavy atom. The maximum atomic E-state index is 12.3. The summed E-state index contributed by atoms with van der Waals surface area (Å²) < 4.78 is 12.0. The van der Waals surface area contributed by atoms with Crippen LogP contribution in [0.4, 0.5) is 5.69 Å². The molecule has 1 atom stereocenters. The highest BCUT2D eigenvalue weighted by Gasteiger charge is 2.16. The zero-order valence-corrected chi connectivity index (χ0v) is 21.9. The maximum Gasteiger partial charge on any atom is 0.329 e. The smallest absolute Gasteiger partial charge is 0.329 e.